The fraction of sp³-hybridized carbons (Fsp3) is 0.500. The summed E-state index contributed by atoms with van der Waals surface area (Å²) < 4.78 is 0. The Morgan fingerprint density at radius 3 is 2.14 bits per heavy atom. The quantitative estimate of drug-likeness (QED) is 0.604. The van der Waals surface area contributed by atoms with Crippen molar-refractivity contribution in [2.75, 3.05) is 0 Å². The van der Waals surface area contributed by atoms with Gasteiger partial charge in [-0.1, -0.05) is 45.1 Å². The van der Waals surface area contributed by atoms with Crippen LogP contribution in [0.5, 0.6) is 5.75 Å². The molecule has 0 saturated carbocycles. The fourth-order valence-electron chi connectivity index (χ4n) is 2.33. The van der Waals surface area contributed by atoms with Gasteiger partial charge in [0, 0.05) is 0 Å². The number of aromatic carboxylic acids is 2. The molecule has 116 valence electrons. The predicted octanol–water partition coefficient (Wildman–Crippen LogP) is 3.69. The molecule has 0 amide bonds. The van der Waals surface area contributed by atoms with Gasteiger partial charge in [-0.3, -0.25) is 0 Å². The van der Waals surface area contributed by atoms with Crippen molar-refractivity contribution in [2.45, 2.75) is 51.9 Å². The summed E-state index contributed by atoms with van der Waals surface area (Å²) in [6, 6.07) is 2.75. The van der Waals surface area contributed by atoms with Crippen LogP contribution in [0.2, 0.25) is 0 Å². The summed E-state index contributed by atoms with van der Waals surface area (Å²) in [5.74, 6) is -3.19. The van der Waals surface area contributed by atoms with Crippen LogP contribution in [0.15, 0.2) is 12.1 Å². The first-order chi connectivity index (χ1) is 9.99. The van der Waals surface area contributed by atoms with E-state index < -0.39 is 23.3 Å². The Labute approximate surface area is 124 Å². The maximum absolute atomic E-state index is 11.1. The third-order valence-electron chi connectivity index (χ3n) is 3.51. The van der Waals surface area contributed by atoms with Crippen molar-refractivity contribution in [1.29, 1.82) is 0 Å². The van der Waals surface area contributed by atoms with Crippen LogP contribution in [0.25, 0.3) is 0 Å². The lowest BCUT2D eigenvalue weighted by atomic mass is 9.98. The molecule has 0 radical (unpaired) electrons. The zero-order chi connectivity index (χ0) is 15.8. The maximum Gasteiger partial charge on any atom is 0.340 e. The molecule has 21 heavy (non-hydrogen) atoms. The molecular formula is C16H22O5. The summed E-state index contributed by atoms with van der Waals surface area (Å²) >= 11 is 0. The summed E-state index contributed by atoms with van der Waals surface area (Å²) in [4.78, 5) is 22.1. The SMILES string of the molecule is CCCCCCCCc1ccc(C(=O)O)c(C(=O)O)c1O. The molecule has 5 nitrogen and oxygen atoms in total. The summed E-state index contributed by atoms with van der Waals surface area (Å²) in [6.07, 6.45) is 7.11. The van der Waals surface area contributed by atoms with E-state index in [4.69, 9.17) is 10.2 Å². The van der Waals surface area contributed by atoms with Crippen LogP contribution in [0, 0.1) is 0 Å². The predicted molar refractivity (Wildman–Crippen MR) is 79.1 cm³/mol. The molecule has 0 saturated heterocycles. The molecule has 0 aromatic heterocycles. The van der Waals surface area contributed by atoms with E-state index in [1.807, 2.05) is 0 Å². The average Bonchev–Trinajstić information content (AvgIpc) is 2.43. The van der Waals surface area contributed by atoms with Crippen molar-refractivity contribution >= 4 is 11.9 Å². The maximum atomic E-state index is 11.1. The number of carboxylic acid groups (broad SMARTS) is 2. The van der Waals surface area contributed by atoms with E-state index in [2.05, 4.69) is 6.92 Å². The van der Waals surface area contributed by atoms with Gasteiger partial charge in [-0.15, -0.1) is 0 Å². The molecule has 0 unspecified atom stereocenters. The van der Waals surface area contributed by atoms with Gasteiger partial charge < -0.3 is 15.3 Å². The highest BCUT2D eigenvalue weighted by Gasteiger charge is 2.22. The van der Waals surface area contributed by atoms with Gasteiger partial charge in [-0.2, -0.15) is 0 Å². The Morgan fingerprint density at radius 1 is 0.952 bits per heavy atom. The van der Waals surface area contributed by atoms with Gasteiger partial charge in [-0.05, 0) is 24.5 Å². The first-order valence-corrected chi connectivity index (χ1v) is 7.30. The van der Waals surface area contributed by atoms with Gasteiger partial charge in [0.1, 0.15) is 11.3 Å². The second kappa shape index (κ2) is 8.29. The van der Waals surface area contributed by atoms with E-state index in [9.17, 15) is 14.7 Å². The smallest absolute Gasteiger partial charge is 0.340 e. The van der Waals surface area contributed by atoms with Crippen LogP contribution in [-0.2, 0) is 6.42 Å². The monoisotopic (exact) mass is 294 g/mol. The van der Waals surface area contributed by atoms with Crippen molar-refractivity contribution in [3.63, 3.8) is 0 Å². The number of rotatable bonds is 9. The topological polar surface area (TPSA) is 94.8 Å². The summed E-state index contributed by atoms with van der Waals surface area (Å²) in [6.45, 7) is 2.15. The van der Waals surface area contributed by atoms with Gasteiger partial charge in [0.05, 0.1) is 5.56 Å². The molecule has 1 aromatic rings. The van der Waals surface area contributed by atoms with E-state index >= 15 is 0 Å². The number of unbranched alkanes of at least 4 members (excludes halogenated alkanes) is 5. The molecular weight excluding hydrogens is 272 g/mol. The van der Waals surface area contributed by atoms with Gasteiger partial charge in [-0.25, -0.2) is 9.59 Å². The highest BCUT2D eigenvalue weighted by Crippen LogP contribution is 2.28. The minimum Gasteiger partial charge on any atom is -0.507 e. The Morgan fingerprint density at radius 2 is 1.57 bits per heavy atom. The van der Waals surface area contributed by atoms with Crippen molar-refractivity contribution in [1.82, 2.24) is 0 Å². The number of benzene rings is 1. The summed E-state index contributed by atoms with van der Waals surface area (Å²) in [7, 11) is 0. The van der Waals surface area contributed by atoms with Gasteiger partial charge in [0.15, 0.2) is 0 Å². The van der Waals surface area contributed by atoms with Crippen molar-refractivity contribution in [2.24, 2.45) is 0 Å². The third kappa shape index (κ3) is 4.77. The second-order valence-electron chi connectivity index (χ2n) is 5.12. The molecule has 1 rings (SSSR count). The Balaban J connectivity index is 2.74. The number of carboxylic acids is 2. The van der Waals surface area contributed by atoms with Gasteiger partial charge in [0.2, 0.25) is 0 Å². The number of aromatic hydroxyl groups is 1. The minimum absolute atomic E-state index is 0.383. The normalized spacial score (nSPS) is 10.5. The first kappa shape index (κ1) is 17.0. The van der Waals surface area contributed by atoms with Crippen LogP contribution >= 0.6 is 0 Å². The number of phenols is 1. The zero-order valence-electron chi connectivity index (χ0n) is 12.3. The summed E-state index contributed by atoms with van der Waals surface area (Å²) in [5, 5.41) is 28.0. The Hall–Kier alpha value is -2.04. The van der Waals surface area contributed by atoms with Crippen LogP contribution in [0.3, 0.4) is 0 Å². The largest absolute Gasteiger partial charge is 0.507 e. The van der Waals surface area contributed by atoms with Crippen LogP contribution in [0.1, 0.15) is 71.7 Å². The fourth-order valence-corrected chi connectivity index (χ4v) is 2.33. The third-order valence-corrected chi connectivity index (χ3v) is 3.51. The van der Waals surface area contributed by atoms with Crippen LogP contribution < -0.4 is 0 Å². The highest BCUT2D eigenvalue weighted by molar-refractivity contribution is 6.04. The summed E-state index contributed by atoms with van der Waals surface area (Å²) in [5.41, 5.74) is -0.412. The lowest BCUT2D eigenvalue weighted by Crippen LogP contribution is -2.09. The second-order valence-corrected chi connectivity index (χ2v) is 5.12. The molecule has 3 N–H and O–H groups in total. The number of hydrogen-bond donors (Lipinski definition) is 3. The van der Waals surface area contributed by atoms with Gasteiger partial charge in [0.25, 0.3) is 0 Å². The first-order valence-electron chi connectivity index (χ1n) is 7.30. The number of carbonyl (C=O) groups is 2. The van der Waals surface area contributed by atoms with Crippen LogP contribution in [-0.4, -0.2) is 27.3 Å². The molecule has 0 aliphatic heterocycles. The van der Waals surface area contributed by atoms with Gasteiger partial charge >= 0.3 is 11.9 Å². The van der Waals surface area contributed by atoms with E-state index in [0.29, 0.717) is 12.0 Å². The van der Waals surface area contributed by atoms with E-state index in [1.165, 1.54) is 31.4 Å². The lowest BCUT2D eigenvalue weighted by Gasteiger charge is -2.10. The van der Waals surface area contributed by atoms with E-state index in [1.54, 1.807) is 0 Å². The van der Waals surface area contributed by atoms with E-state index in [0.717, 1.165) is 19.3 Å². The molecule has 1 aromatic carbocycles. The molecule has 0 atom stereocenters. The number of aryl methyl sites for hydroxylation is 1. The molecule has 0 spiro atoms. The van der Waals surface area contributed by atoms with Crippen molar-refractivity contribution in [3.8, 4) is 5.75 Å². The van der Waals surface area contributed by atoms with Crippen molar-refractivity contribution in [3.05, 3.63) is 28.8 Å². The molecule has 0 aliphatic carbocycles. The molecule has 5 heteroatoms. The Bertz CT molecular complexity index is 508. The Kier molecular flexibility index (Phi) is 6.72. The minimum atomic E-state index is -1.42. The van der Waals surface area contributed by atoms with E-state index in [-0.39, 0.29) is 5.56 Å². The molecule has 0 heterocycles. The molecule has 0 aliphatic rings. The van der Waals surface area contributed by atoms with Crippen LogP contribution in [0.4, 0.5) is 0 Å². The average molecular weight is 294 g/mol. The lowest BCUT2D eigenvalue weighted by molar-refractivity contribution is 0.0648. The zero-order valence-corrected chi connectivity index (χ0v) is 12.3. The molecule has 0 bridgehead atoms. The highest BCUT2D eigenvalue weighted by atomic mass is 16.4. The standard InChI is InChI=1S/C16H22O5/c1-2-3-4-5-6-7-8-11-9-10-12(15(18)19)13(14(11)17)16(20)21/h9-10,17H,2-8H2,1H3,(H,18,19)(H,20,21). The van der Waals surface area contributed by atoms with Crippen molar-refractivity contribution < 1.29 is 24.9 Å². The molecule has 0 fully saturated rings. The number of hydrogen-bond acceptors (Lipinski definition) is 3.